The molecule has 6 heterocycles. The Balaban J connectivity index is 1.26. The lowest BCUT2D eigenvalue weighted by Gasteiger charge is -2.48. The normalized spacial score (nSPS) is 49.7. The highest BCUT2D eigenvalue weighted by atomic mass is 32.3. The first-order valence-electron chi connectivity index (χ1n) is 15.4. The minimum absolute atomic E-state index is 0.0831. The maximum Gasteiger partial charge on any atom is 0.397 e. The molecule has 0 aromatic rings. The van der Waals surface area contributed by atoms with Crippen molar-refractivity contribution >= 4 is 20.8 Å². The van der Waals surface area contributed by atoms with Crippen molar-refractivity contribution in [3.8, 4) is 0 Å². The fraction of sp³-hybridized carbons (Fsp3) is 0.960. The van der Waals surface area contributed by atoms with Crippen molar-refractivity contribution < 1.29 is 108 Å². The Labute approximate surface area is 284 Å². The molecule has 6 saturated heterocycles. The van der Waals surface area contributed by atoms with Crippen LogP contribution < -0.4 is 0 Å². The largest absolute Gasteiger partial charge is 0.397 e. The first-order valence-corrected chi connectivity index (χ1v) is 18.1. The molecule has 288 valence electrons. The van der Waals surface area contributed by atoms with Crippen molar-refractivity contribution in [1.82, 2.24) is 0 Å². The fourth-order valence-electron chi connectivity index (χ4n) is 7.13. The van der Waals surface area contributed by atoms with E-state index >= 15 is 0 Å². The van der Waals surface area contributed by atoms with Gasteiger partial charge in [-0.05, 0) is 6.42 Å². The maximum absolute atomic E-state index is 12.4. The van der Waals surface area contributed by atoms with E-state index in [-0.39, 0.29) is 19.6 Å². The molecule has 25 heteroatoms. The van der Waals surface area contributed by atoms with Crippen molar-refractivity contribution in [2.75, 3.05) is 26.4 Å². The van der Waals surface area contributed by atoms with E-state index in [9.17, 15) is 61.7 Å². The van der Waals surface area contributed by atoms with Crippen LogP contribution in [0.2, 0.25) is 0 Å². The van der Waals surface area contributed by atoms with Gasteiger partial charge in [0.15, 0.2) is 24.8 Å². The summed E-state index contributed by atoms with van der Waals surface area (Å²) in [5, 5.41) is 74.2. The molecule has 0 aliphatic carbocycles. The second-order valence-electron chi connectivity index (χ2n) is 12.6. The number of fused-ring (bicyclic) bond motifs is 4. The Morgan fingerprint density at radius 3 is 1.94 bits per heavy atom. The van der Waals surface area contributed by atoms with Crippen molar-refractivity contribution in [3.63, 3.8) is 0 Å². The summed E-state index contributed by atoms with van der Waals surface area (Å²) in [7, 11) is -10.7. The summed E-state index contributed by atoms with van der Waals surface area (Å²) in [6, 6.07) is 0. The smallest absolute Gasteiger partial charge is 0.394 e. The van der Waals surface area contributed by atoms with Crippen LogP contribution in [0, 0.1) is 12.5 Å². The first-order chi connectivity index (χ1) is 23.5. The molecule has 0 aromatic carbocycles. The minimum atomic E-state index is -5.37. The minimum Gasteiger partial charge on any atom is -0.394 e. The summed E-state index contributed by atoms with van der Waals surface area (Å²) < 4.78 is 122. The van der Waals surface area contributed by atoms with Gasteiger partial charge in [-0.3, -0.25) is 9.11 Å². The van der Waals surface area contributed by atoms with Gasteiger partial charge in [0, 0.05) is 5.92 Å². The molecule has 6 aliphatic rings. The monoisotopic (exact) mass is 770 g/mol. The van der Waals surface area contributed by atoms with Gasteiger partial charge in [0.2, 0.25) is 0 Å². The number of hydrogen-bond acceptors (Lipinski definition) is 20. The second kappa shape index (κ2) is 15.1. The SMILES string of the molecule is [O][C@H]1[C@@H](O)[C@@H](CO)O[C@@H](O[C@@H]2[C@H]3OC[C@@H]2O[C@H](O[C@@H]2[C@@H](O)[C@H](C[C@@H]4[C@H]5OC[C@@H]4O[CH][C@@H]5O)O[C@H](CO)[C@@H]2OS(=O)(=O)O)[C@@H]3OS(=O)(=O)O)[C@@H]1O. The third kappa shape index (κ3) is 7.98. The van der Waals surface area contributed by atoms with Gasteiger partial charge in [-0.15, -0.1) is 0 Å². The molecule has 0 saturated carbocycles. The van der Waals surface area contributed by atoms with Crippen LogP contribution in [-0.2, 0) is 72.2 Å². The van der Waals surface area contributed by atoms with Crippen LogP contribution in [0.1, 0.15) is 6.42 Å². The zero-order valence-corrected chi connectivity index (χ0v) is 27.2. The number of aliphatic hydroxyl groups is 6. The van der Waals surface area contributed by atoms with Crippen LogP contribution in [-0.4, -0.2) is 193 Å². The highest BCUT2D eigenvalue weighted by Crippen LogP contribution is 2.42. The lowest BCUT2D eigenvalue weighted by molar-refractivity contribution is -0.353. The van der Waals surface area contributed by atoms with E-state index < -0.39 is 150 Å². The van der Waals surface area contributed by atoms with Crippen LogP contribution in [0.3, 0.4) is 0 Å². The molecule has 0 unspecified atom stereocenters. The van der Waals surface area contributed by atoms with E-state index in [0.29, 0.717) is 0 Å². The summed E-state index contributed by atoms with van der Waals surface area (Å²) in [4.78, 5) is 0. The van der Waals surface area contributed by atoms with Crippen LogP contribution in [0.5, 0.6) is 0 Å². The number of hydrogen-bond donors (Lipinski definition) is 8. The molecule has 6 fully saturated rings. The molecule has 0 aromatic heterocycles. The Bertz CT molecular complexity index is 1380. The molecule has 0 spiro atoms. The summed E-state index contributed by atoms with van der Waals surface area (Å²) in [6.07, 6.45) is -28.9. The number of ether oxygens (including phenoxy) is 8. The summed E-state index contributed by atoms with van der Waals surface area (Å²) in [5.41, 5.74) is 0. The van der Waals surface area contributed by atoms with Crippen molar-refractivity contribution in [2.45, 2.75) is 117 Å². The summed E-state index contributed by atoms with van der Waals surface area (Å²) in [5.74, 6) is -0.588. The molecule has 6 rings (SSSR count). The predicted octanol–water partition coefficient (Wildman–Crippen LogP) is -6.06. The van der Waals surface area contributed by atoms with Crippen LogP contribution in [0.4, 0.5) is 0 Å². The standard InChI is InChI=1S/C25H38O23S2/c26-2-10-14(29)16(31)17(32)24(43-10)45-19-13-6-41-22(19)23(48-50(36,37)38)25(44-13)46-21-15(30)9(42-11(3-27)20(21)47-49(33,34)35)1-7-12-5-40-18(7)8(28)4-39-12/h4,7-30,32H,1-3,5-6H2,(H,33,34,35)(H,36,37,38)/t7-,8-,9-,10+,11+,12-,13-,14-,15-,16-,17+,18+,19-,20-,21+,22+,23+,24-,25+/m0/s1. The molecular weight excluding hydrogens is 732 g/mol. The molecule has 50 heavy (non-hydrogen) atoms. The molecule has 4 bridgehead atoms. The van der Waals surface area contributed by atoms with Gasteiger partial charge in [0.25, 0.3) is 0 Å². The highest BCUT2D eigenvalue weighted by molar-refractivity contribution is 7.81. The van der Waals surface area contributed by atoms with Gasteiger partial charge in [-0.1, -0.05) is 0 Å². The van der Waals surface area contributed by atoms with Crippen LogP contribution in [0.25, 0.3) is 0 Å². The average Bonchev–Trinajstić information content (AvgIpc) is 3.50. The highest BCUT2D eigenvalue weighted by Gasteiger charge is 2.60. The van der Waals surface area contributed by atoms with Crippen molar-refractivity contribution in [1.29, 1.82) is 0 Å². The Kier molecular flexibility index (Phi) is 11.7. The average molecular weight is 771 g/mol. The van der Waals surface area contributed by atoms with Gasteiger partial charge in [-0.2, -0.15) is 16.8 Å². The quantitative estimate of drug-likeness (QED) is 0.0856. The molecule has 6 aliphatic heterocycles. The zero-order valence-electron chi connectivity index (χ0n) is 25.6. The topological polar surface area (TPSA) is 342 Å². The lowest BCUT2D eigenvalue weighted by atomic mass is 9.83. The first kappa shape index (κ1) is 38.9. The van der Waals surface area contributed by atoms with Crippen LogP contribution >= 0.6 is 0 Å². The maximum atomic E-state index is 12.4. The third-order valence-electron chi connectivity index (χ3n) is 9.44. The van der Waals surface area contributed by atoms with Crippen LogP contribution in [0.15, 0.2) is 0 Å². The molecule has 2 radical (unpaired) electrons. The van der Waals surface area contributed by atoms with Gasteiger partial charge in [0.1, 0.15) is 73.8 Å². The van der Waals surface area contributed by atoms with E-state index in [4.69, 9.17) is 46.3 Å². The van der Waals surface area contributed by atoms with Crippen molar-refractivity contribution in [2.24, 2.45) is 5.92 Å². The van der Waals surface area contributed by atoms with E-state index in [1.807, 2.05) is 0 Å². The van der Waals surface area contributed by atoms with Gasteiger partial charge in [0.05, 0.1) is 44.7 Å². The Morgan fingerprint density at radius 2 is 1.28 bits per heavy atom. The van der Waals surface area contributed by atoms with Crippen molar-refractivity contribution in [3.05, 3.63) is 6.61 Å². The lowest BCUT2D eigenvalue weighted by Crippen LogP contribution is -2.65. The molecule has 8 N–H and O–H groups in total. The Hall–Kier alpha value is -0.860. The van der Waals surface area contributed by atoms with Gasteiger partial charge < -0.3 is 68.5 Å². The van der Waals surface area contributed by atoms with Gasteiger partial charge >= 0.3 is 20.8 Å². The van der Waals surface area contributed by atoms with E-state index in [1.165, 1.54) is 6.61 Å². The summed E-state index contributed by atoms with van der Waals surface area (Å²) >= 11 is 0. The second-order valence-corrected chi connectivity index (χ2v) is 14.7. The number of aliphatic hydroxyl groups excluding tert-OH is 6. The molecule has 0 amide bonds. The zero-order chi connectivity index (χ0) is 36.3. The molecule has 23 nitrogen and oxygen atoms in total. The number of rotatable bonds is 12. The summed E-state index contributed by atoms with van der Waals surface area (Å²) in [6.45, 7) is -0.909. The molecular formula is C25H38O23S2. The Morgan fingerprint density at radius 1 is 0.660 bits per heavy atom. The molecule has 19 atom stereocenters. The van der Waals surface area contributed by atoms with E-state index in [2.05, 4.69) is 0 Å². The van der Waals surface area contributed by atoms with E-state index in [0.717, 1.165) is 0 Å². The van der Waals surface area contributed by atoms with Gasteiger partial charge in [-0.25, -0.2) is 13.5 Å². The predicted molar refractivity (Wildman–Crippen MR) is 148 cm³/mol. The van der Waals surface area contributed by atoms with E-state index in [1.54, 1.807) is 0 Å². The fourth-order valence-corrected chi connectivity index (χ4v) is 8.12. The third-order valence-corrected chi connectivity index (χ3v) is 10.4.